The molecule has 142 valence electrons. The zero-order chi connectivity index (χ0) is 18.9. The maximum Gasteiger partial charge on any atom is 0.187 e. The van der Waals surface area contributed by atoms with E-state index in [0.717, 1.165) is 40.9 Å². The summed E-state index contributed by atoms with van der Waals surface area (Å²) in [5.74, 6) is 1.14. The number of rotatable bonds is 10. The quantitative estimate of drug-likeness (QED) is 0.387. The van der Waals surface area contributed by atoms with Gasteiger partial charge in [0.1, 0.15) is 11.5 Å². The number of phenolic OH excluding ortho intramolecular Hbond substituents is 1. The fraction of sp³-hybridized carbons (Fsp3) is 0.318. The standard InChI is InChI=1S/C22H26N2O2S/c1-2-3-4-5-6-14-26-20-12-10-18(11-13-20)23-22-24-21(16-27-22)17-8-7-9-19(25)15-17/h7-13,15-16,25H,2-6,14H2,1H3,(H,23,24). The van der Waals surface area contributed by atoms with E-state index in [1.807, 2.05) is 41.8 Å². The Kier molecular flexibility index (Phi) is 7.11. The van der Waals surface area contributed by atoms with Gasteiger partial charge in [0.2, 0.25) is 0 Å². The zero-order valence-corrected chi connectivity index (χ0v) is 16.5. The number of thiazole rings is 1. The van der Waals surface area contributed by atoms with Crippen LogP contribution in [0.5, 0.6) is 11.5 Å². The predicted octanol–water partition coefficient (Wildman–Crippen LogP) is 6.61. The molecule has 0 bridgehead atoms. The molecule has 27 heavy (non-hydrogen) atoms. The minimum absolute atomic E-state index is 0.246. The van der Waals surface area contributed by atoms with Crippen molar-refractivity contribution in [3.05, 3.63) is 53.9 Å². The van der Waals surface area contributed by atoms with Crippen molar-refractivity contribution in [3.63, 3.8) is 0 Å². The number of hydrogen-bond acceptors (Lipinski definition) is 5. The summed E-state index contributed by atoms with van der Waals surface area (Å²) in [6.45, 7) is 3.00. The van der Waals surface area contributed by atoms with Crippen molar-refractivity contribution in [1.82, 2.24) is 4.98 Å². The number of phenols is 1. The Bertz CT molecular complexity index is 830. The second-order valence-electron chi connectivity index (χ2n) is 6.50. The van der Waals surface area contributed by atoms with E-state index in [1.54, 1.807) is 12.1 Å². The van der Waals surface area contributed by atoms with Crippen LogP contribution in [-0.4, -0.2) is 16.7 Å². The van der Waals surface area contributed by atoms with Gasteiger partial charge in [-0.2, -0.15) is 0 Å². The van der Waals surface area contributed by atoms with Gasteiger partial charge in [-0.1, -0.05) is 44.7 Å². The molecule has 2 N–H and O–H groups in total. The van der Waals surface area contributed by atoms with Crippen LogP contribution in [0.2, 0.25) is 0 Å². The van der Waals surface area contributed by atoms with Crippen LogP contribution in [0, 0.1) is 0 Å². The van der Waals surface area contributed by atoms with Gasteiger partial charge in [0.25, 0.3) is 0 Å². The molecule has 0 atom stereocenters. The third kappa shape index (κ3) is 6.00. The van der Waals surface area contributed by atoms with Crippen molar-refractivity contribution in [1.29, 1.82) is 0 Å². The Morgan fingerprint density at radius 3 is 2.63 bits per heavy atom. The molecule has 3 rings (SSSR count). The largest absolute Gasteiger partial charge is 0.508 e. The van der Waals surface area contributed by atoms with Crippen LogP contribution in [-0.2, 0) is 0 Å². The summed E-state index contributed by atoms with van der Waals surface area (Å²) in [6, 6.07) is 15.1. The van der Waals surface area contributed by atoms with E-state index in [1.165, 1.54) is 37.0 Å². The molecule has 2 aromatic carbocycles. The molecule has 0 aliphatic heterocycles. The average Bonchev–Trinajstić information content (AvgIpc) is 3.14. The number of benzene rings is 2. The Balaban J connectivity index is 1.50. The van der Waals surface area contributed by atoms with Crippen LogP contribution in [0.15, 0.2) is 53.9 Å². The molecule has 0 unspecified atom stereocenters. The summed E-state index contributed by atoms with van der Waals surface area (Å²) >= 11 is 1.54. The molecular formula is C22H26N2O2S. The van der Waals surface area contributed by atoms with E-state index in [4.69, 9.17) is 4.74 Å². The fourth-order valence-electron chi connectivity index (χ4n) is 2.78. The minimum atomic E-state index is 0.246. The number of aromatic nitrogens is 1. The van der Waals surface area contributed by atoms with E-state index in [0.29, 0.717) is 0 Å². The normalized spacial score (nSPS) is 10.7. The highest BCUT2D eigenvalue weighted by Gasteiger charge is 2.06. The molecule has 0 amide bonds. The maximum absolute atomic E-state index is 9.61. The SMILES string of the molecule is CCCCCCCOc1ccc(Nc2nc(-c3cccc(O)c3)cs2)cc1. The number of nitrogens with one attached hydrogen (secondary N) is 1. The number of nitrogens with zero attached hydrogens (tertiary/aromatic N) is 1. The fourth-order valence-corrected chi connectivity index (χ4v) is 3.52. The Morgan fingerprint density at radius 2 is 1.85 bits per heavy atom. The summed E-state index contributed by atoms with van der Waals surface area (Å²) in [4.78, 5) is 4.59. The molecular weight excluding hydrogens is 356 g/mol. The van der Waals surface area contributed by atoms with Crippen molar-refractivity contribution >= 4 is 22.2 Å². The number of hydrogen-bond donors (Lipinski definition) is 2. The topological polar surface area (TPSA) is 54.4 Å². The summed E-state index contributed by atoms with van der Waals surface area (Å²) in [7, 11) is 0. The highest BCUT2D eigenvalue weighted by molar-refractivity contribution is 7.14. The van der Waals surface area contributed by atoms with Crippen molar-refractivity contribution in [2.45, 2.75) is 39.0 Å². The maximum atomic E-state index is 9.61. The van der Waals surface area contributed by atoms with E-state index in [9.17, 15) is 5.11 Å². The van der Waals surface area contributed by atoms with Crippen molar-refractivity contribution < 1.29 is 9.84 Å². The third-order valence-electron chi connectivity index (χ3n) is 4.27. The molecule has 1 heterocycles. The van der Waals surface area contributed by atoms with Gasteiger partial charge in [-0.3, -0.25) is 0 Å². The van der Waals surface area contributed by atoms with Gasteiger partial charge in [0.15, 0.2) is 5.13 Å². The molecule has 0 fully saturated rings. The first-order chi connectivity index (χ1) is 13.2. The first-order valence-electron chi connectivity index (χ1n) is 9.49. The Hall–Kier alpha value is -2.53. The lowest BCUT2D eigenvalue weighted by molar-refractivity contribution is 0.304. The summed E-state index contributed by atoms with van der Waals surface area (Å²) in [5, 5.41) is 15.7. The van der Waals surface area contributed by atoms with Crippen molar-refractivity contribution in [2.24, 2.45) is 0 Å². The predicted molar refractivity (Wildman–Crippen MR) is 113 cm³/mol. The second-order valence-corrected chi connectivity index (χ2v) is 7.36. The first kappa shape index (κ1) is 19.2. The van der Waals surface area contributed by atoms with E-state index < -0.39 is 0 Å². The van der Waals surface area contributed by atoms with Crippen LogP contribution in [0.3, 0.4) is 0 Å². The highest BCUT2D eigenvalue weighted by Crippen LogP contribution is 2.29. The van der Waals surface area contributed by atoms with E-state index >= 15 is 0 Å². The smallest absolute Gasteiger partial charge is 0.187 e. The first-order valence-corrected chi connectivity index (χ1v) is 10.4. The summed E-state index contributed by atoms with van der Waals surface area (Å²) in [5.41, 5.74) is 2.73. The summed E-state index contributed by atoms with van der Waals surface area (Å²) in [6.07, 6.45) is 6.21. The van der Waals surface area contributed by atoms with Crippen LogP contribution < -0.4 is 10.1 Å². The molecule has 4 nitrogen and oxygen atoms in total. The third-order valence-corrected chi connectivity index (χ3v) is 5.03. The number of ether oxygens (including phenoxy) is 1. The van der Waals surface area contributed by atoms with Gasteiger partial charge < -0.3 is 15.2 Å². The van der Waals surface area contributed by atoms with Gasteiger partial charge >= 0.3 is 0 Å². The highest BCUT2D eigenvalue weighted by atomic mass is 32.1. The summed E-state index contributed by atoms with van der Waals surface area (Å²) < 4.78 is 5.80. The minimum Gasteiger partial charge on any atom is -0.508 e. The van der Waals surface area contributed by atoms with Crippen LogP contribution >= 0.6 is 11.3 Å². The van der Waals surface area contributed by atoms with Crippen molar-refractivity contribution in [3.8, 4) is 22.8 Å². The molecule has 0 radical (unpaired) electrons. The van der Waals surface area contributed by atoms with E-state index in [2.05, 4.69) is 17.2 Å². The number of anilines is 2. The van der Waals surface area contributed by atoms with Gasteiger partial charge in [-0.05, 0) is 42.8 Å². The molecule has 0 aliphatic rings. The zero-order valence-electron chi connectivity index (χ0n) is 15.6. The van der Waals surface area contributed by atoms with Crippen LogP contribution in [0.4, 0.5) is 10.8 Å². The Labute approximate surface area is 164 Å². The van der Waals surface area contributed by atoms with Gasteiger partial charge in [0.05, 0.1) is 12.3 Å². The molecule has 5 heteroatoms. The molecule has 0 spiro atoms. The molecule has 0 saturated heterocycles. The van der Waals surface area contributed by atoms with Crippen LogP contribution in [0.1, 0.15) is 39.0 Å². The van der Waals surface area contributed by atoms with E-state index in [-0.39, 0.29) is 5.75 Å². The number of unbranched alkanes of at least 4 members (excludes halogenated alkanes) is 4. The molecule has 0 saturated carbocycles. The second kappa shape index (κ2) is 9.97. The molecule has 0 aliphatic carbocycles. The van der Waals surface area contributed by atoms with Gasteiger partial charge in [0, 0.05) is 16.6 Å². The molecule has 3 aromatic rings. The van der Waals surface area contributed by atoms with Crippen LogP contribution in [0.25, 0.3) is 11.3 Å². The average molecular weight is 383 g/mol. The van der Waals surface area contributed by atoms with Gasteiger partial charge in [-0.15, -0.1) is 11.3 Å². The lowest BCUT2D eigenvalue weighted by atomic mass is 10.2. The molecule has 1 aromatic heterocycles. The number of aromatic hydroxyl groups is 1. The lowest BCUT2D eigenvalue weighted by Gasteiger charge is -2.07. The monoisotopic (exact) mass is 382 g/mol. The lowest BCUT2D eigenvalue weighted by Crippen LogP contribution is -1.97. The Morgan fingerprint density at radius 1 is 1.04 bits per heavy atom. The van der Waals surface area contributed by atoms with Crippen molar-refractivity contribution in [2.75, 3.05) is 11.9 Å². The van der Waals surface area contributed by atoms with Gasteiger partial charge in [-0.25, -0.2) is 4.98 Å².